The molecule has 7 heteroatoms. The number of carbonyl (C=O) groups excluding carboxylic acids is 2. The highest BCUT2D eigenvalue weighted by Gasteiger charge is 2.04. The first-order valence-electron chi connectivity index (χ1n) is 6.97. The Bertz CT molecular complexity index is 727. The van der Waals surface area contributed by atoms with Crippen LogP contribution in [0.2, 0.25) is 0 Å². The molecule has 0 aromatic heterocycles. The lowest BCUT2D eigenvalue weighted by Gasteiger charge is -2.04. The van der Waals surface area contributed by atoms with E-state index in [4.69, 9.17) is 4.74 Å². The standard InChI is InChI=1S/C17H15IN2O4/c1-23-17(22)13-4-2-12(3-5-13)10-19-20-16(21)11-24-15-8-6-14(18)7-9-15/h2-10H,11H2,1H3,(H,20,21)/b19-10+. The second kappa shape index (κ2) is 9.02. The SMILES string of the molecule is COC(=O)c1ccc(/C=N/NC(=O)COc2ccc(I)cc2)cc1. The summed E-state index contributed by atoms with van der Waals surface area (Å²) in [7, 11) is 1.32. The van der Waals surface area contributed by atoms with Gasteiger partial charge in [-0.1, -0.05) is 12.1 Å². The van der Waals surface area contributed by atoms with Gasteiger partial charge in [0.2, 0.25) is 0 Å². The molecule has 0 bridgehead atoms. The number of nitrogens with zero attached hydrogens (tertiary/aromatic N) is 1. The second-order valence-electron chi connectivity index (χ2n) is 4.65. The predicted octanol–water partition coefficient (Wildman–Crippen LogP) is 2.61. The molecule has 0 spiro atoms. The first-order chi connectivity index (χ1) is 11.6. The summed E-state index contributed by atoms with van der Waals surface area (Å²) in [5, 5.41) is 3.84. The number of nitrogens with one attached hydrogen (secondary N) is 1. The normalized spacial score (nSPS) is 10.4. The highest BCUT2D eigenvalue weighted by molar-refractivity contribution is 14.1. The molecule has 6 nitrogen and oxygen atoms in total. The molecule has 0 atom stereocenters. The maximum atomic E-state index is 11.6. The smallest absolute Gasteiger partial charge is 0.337 e. The van der Waals surface area contributed by atoms with E-state index in [1.54, 1.807) is 36.4 Å². The Morgan fingerprint density at radius 3 is 2.42 bits per heavy atom. The van der Waals surface area contributed by atoms with Crippen LogP contribution in [0.1, 0.15) is 15.9 Å². The van der Waals surface area contributed by atoms with E-state index in [1.165, 1.54) is 13.3 Å². The van der Waals surface area contributed by atoms with Crippen LogP contribution in [0.5, 0.6) is 5.75 Å². The Labute approximate surface area is 153 Å². The highest BCUT2D eigenvalue weighted by atomic mass is 127. The van der Waals surface area contributed by atoms with Gasteiger partial charge in [0, 0.05) is 3.57 Å². The van der Waals surface area contributed by atoms with Gasteiger partial charge in [0.15, 0.2) is 6.61 Å². The molecule has 0 unspecified atom stereocenters. The zero-order chi connectivity index (χ0) is 17.4. The van der Waals surface area contributed by atoms with Crippen molar-refractivity contribution in [2.24, 2.45) is 5.10 Å². The number of carbonyl (C=O) groups is 2. The largest absolute Gasteiger partial charge is 0.484 e. The van der Waals surface area contributed by atoms with Crippen LogP contribution in [0.25, 0.3) is 0 Å². The summed E-state index contributed by atoms with van der Waals surface area (Å²) in [5.74, 6) is -0.150. The van der Waals surface area contributed by atoms with Gasteiger partial charge in [-0.3, -0.25) is 4.79 Å². The molecular formula is C17H15IN2O4. The van der Waals surface area contributed by atoms with Crippen LogP contribution in [-0.4, -0.2) is 31.8 Å². The van der Waals surface area contributed by atoms with E-state index in [1.807, 2.05) is 12.1 Å². The zero-order valence-corrected chi connectivity index (χ0v) is 15.0. The third kappa shape index (κ3) is 5.65. The summed E-state index contributed by atoms with van der Waals surface area (Å²) in [6.07, 6.45) is 1.48. The summed E-state index contributed by atoms with van der Waals surface area (Å²) in [5.41, 5.74) is 3.56. The Morgan fingerprint density at radius 1 is 1.12 bits per heavy atom. The average molecular weight is 438 g/mol. The van der Waals surface area contributed by atoms with E-state index in [9.17, 15) is 9.59 Å². The molecule has 1 amide bonds. The molecular weight excluding hydrogens is 423 g/mol. The fraction of sp³-hybridized carbons (Fsp3) is 0.118. The van der Waals surface area contributed by atoms with Crippen molar-refractivity contribution in [2.45, 2.75) is 0 Å². The minimum absolute atomic E-state index is 0.126. The molecule has 0 radical (unpaired) electrons. The fourth-order valence-corrected chi connectivity index (χ4v) is 2.07. The highest BCUT2D eigenvalue weighted by Crippen LogP contribution is 2.13. The van der Waals surface area contributed by atoms with Crippen LogP contribution >= 0.6 is 22.6 Å². The molecule has 0 heterocycles. The molecule has 2 aromatic carbocycles. The number of rotatable bonds is 6. The van der Waals surface area contributed by atoms with Crippen LogP contribution in [0, 0.1) is 3.57 Å². The minimum atomic E-state index is -0.403. The monoisotopic (exact) mass is 438 g/mol. The van der Waals surface area contributed by atoms with E-state index in [-0.39, 0.29) is 12.5 Å². The average Bonchev–Trinajstić information content (AvgIpc) is 2.61. The van der Waals surface area contributed by atoms with Crippen molar-refractivity contribution in [1.82, 2.24) is 5.43 Å². The van der Waals surface area contributed by atoms with Crippen LogP contribution in [0.4, 0.5) is 0 Å². The maximum absolute atomic E-state index is 11.6. The first kappa shape index (κ1) is 17.9. The summed E-state index contributed by atoms with van der Waals surface area (Å²) in [6, 6.07) is 14.0. The number of hydrazone groups is 1. The predicted molar refractivity (Wildman–Crippen MR) is 98.2 cm³/mol. The molecule has 0 saturated heterocycles. The zero-order valence-electron chi connectivity index (χ0n) is 12.9. The quantitative estimate of drug-likeness (QED) is 0.326. The minimum Gasteiger partial charge on any atom is -0.484 e. The Morgan fingerprint density at radius 2 is 1.79 bits per heavy atom. The van der Waals surface area contributed by atoms with Crippen molar-refractivity contribution in [3.8, 4) is 5.75 Å². The summed E-state index contributed by atoms with van der Waals surface area (Å²) < 4.78 is 11.0. The molecule has 24 heavy (non-hydrogen) atoms. The van der Waals surface area contributed by atoms with E-state index in [0.717, 1.165) is 9.13 Å². The maximum Gasteiger partial charge on any atom is 0.337 e. The van der Waals surface area contributed by atoms with Gasteiger partial charge in [-0.25, -0.2) is 10.2 Å². The number of halogens is 1. The Hall–Kier alpha value is -2.42. The molecule has 0 saturated carbocycles. The van der Waals surface area contributed by atoms with Gasteiger partial charge >= 0.3 is 5.97 Å². The molecule has 0 aliphatic heterocycles. The van der Waals surface area contributed by atoms with Gasteiger partial charge in [-0.2, -0.15) is 5.10 Å². The van der Waals surface area contributed by atoms with Crippen LogP contribution in [-0.2, 0) is 9.53 Å². The molecule has 2 aromatic rings. The molecule has 0 aliphatic rings. The van der Waals surface area contributed by atoms with Crippen molar-refractivity contribution < 1.29 is 19.1 Å². The Kier molecular flexibility index (Phi) is 6.74. The molecule has 2 rings (SSSR count). The van der Waals surface area contributed by atoms with Crippen LogP contribution < -0.4 is 10.2 Å². The van der Waals surface area contributed by atoms with Crippen LogP contribution in [0.15, 0.2) is 53.6 Å². The molecule has 0 aliphatic carbocycles. The van der Waals surface area contributed by atoms with Gasteiger partial charge in [-0.05, 0) is 64.6 Å². The van der Waals surface area contributed by atoms with Crippen molar-refractivity contribution in [3.63, 3.8) is 0 Å². The number of methoxy groups -OCH3 is 1. The molecule has 0 fully saturated rings. The third-order valence-corrected chi connectivity index (χ3v) is 3.64. The van der Waals surface area contributed by atoms with E-state index >= 15 is 0 Å². The summed E-state index contributed by atoms with van der Waals surface area (Å²) in [6.45, 7) is -0.126. The van der Waals surface area contributed by atoms with Crippen molar-refractivity contribution in [3.05, 3.63) is 63.2 Å². The van der Waals surface area contributed by atoms with E-state index in [2.05, 4.69) is 37.9 Å². The lowest BCUT2D eigenvalue weighted by atomic mass is 10.1. The molecule has 124 valence electrons. The van der Waals surface area contributed by atoms with Crippen molar-refractivity contribution in [2.75, 3.05) is 13.7 Å². The lowest BCUT2D eigenvalue weighted by molar-refractivity contribution is -0.123. The van der Waals surface area contributed by atoms with Gasteiger partial charge in [0.1, 0.15) is 5.75 Å². The first-order valence-corrected chi connectivity index (χ1v) is 8.05. The van der Waals surface area contributed by atoms with E-state index < -0.39 is 5.97 Å². The summed E-state index contributed by atoms with van der Waals surface area (Å²) in [4.78, 5) is 23.0. The number of hydrogen-bond donors (Lipinski definition) is 1. The molecule has 1 N–H and O–H groups in total. The van der Waals surface area contributed by atoms with Gasteiger partial charge in [0.25, 0.3) is 5.91 Å². The number of amides is 1. The fourth-order valence-electron chi connectivity index (χ4n) is 1.71. The van der Waals surface area contributed by atoms with Crippen LogP contribution in [0.3, 0.4) is 0 Å². The van der Waals surface area contributed by atoms with Crippen molar-refractivity contribution in [1.29, 1.82) is 0 Å². The third-order valence-electron chi connectivity index (χ3n) is 2.92. The van der Waals surface area contributed by atoms with Gasteiger partial charge in [0.05, 0.1) is 18.9 Å². The second-order valence-corrected chi connectivity index (χ2v) is 5.89. The number of benzene rings is 2. The number of esters is 1. The van der Waals surface area contributed by atoms with Crippen molar-refractivity contribution >= 4 is 40.7 Å². The number of hydrogen-bond acceptors (Lipinski definition) is 5. The number of ether oxygens (including phenoxy) is 2. The van der Waals surface area contributed by atoms with Gasteiger partial charge in [-0.15, -0.1) is 0 Å². The lowest BCUT2D eigenvalue weighted by Crippen LogP contribution is -2.24. The topological polar surface area (TPSA) is 77.0 Å². The van der Waals surface area contributed by atoms with E-state index in [0.29, 0.717) is 11.3 Å². The Balaban J connectivity index is 1.79. The summed E-state index contributed by atoms with van der Waals surface area (Å²) >= 11 is 2.19. The van der Waals surface area contributed by atoms with Gasteiger partial charge < -0.3 is 9.47 Å².